The Kier molecular flexibility index (Phi) is 10.6. The first-order valence-electron chi connectivity index (χ1n) is 21.1. The maximum absolute atomic E-state index is 13.3. The van der Waals surface area contributed by atoms with Gasteiger partial charge < -0.3 is 30.1 Å². The lowest BCUT2D eigenvalue weighted by molar-refractivity contribution is -0.276. The Labute approximate surface area is 322 Å². The molecule has 4 aliphatic carbocycles. The molecule has 4 saturated carbocycles. The average molecular weight is 733 g/mol. The number of urea groups is 1. The molecule has 3 heterocycles. The quantitative estimate of drug-likeness (QED) is 0.186. The van der Waals surface area contributed by atoms with E-state index in [0.717, 1.165) is 90.0 Å². The molecule has 288 valence electrons. The molecule has 2 amide bonds. The molecular weight excluding hydrogens is 673 g/mol. The van der Waals surface area contributed by atoms with E-state index in [4.69, 9.17) is 9.47 Å². The number of nitrogens with one attached hydrogen (secondary N) is 2. The third-order valence-electron chi connectivity index (χ3n) is 14.1. The highest BCUT2D eigenvalue weighted by atomic mass is 16.7. The molecule has 0 unspecified atom stereocenters. The minimum atomic E-state index is -0.493. The van der Waals surface area contributed by atoms with E-state index >= 15 is 0 Å². The van der Waals surface area contributed by atoms with Gasteiger partial charge in [-0.2, -0.15) is 0 Å². The van der Waals surface area contributed by atoms with Crippen LogP contribution in [0.5, 0.6) is 0 Å². The lowest BCUT2D eigenvalue weighted by Crippen LogP contribution is -2.61. The number of hydrogen-bond acceptors (Lipinski definition) is 6. The summed E-state index contributed by atoms with van der Waals surface area (Å²) < 4.78 is 13.8. The maximum Gasteiger partial charge on any atom is 0.315 e. The molecule has 0 spiro atoms. The molecule has 3 aromatic rings. The number of likely N-dealkylation sites (tertiary alicyclic amines) is 2. The normalized spacial score (nSPS) is 33.7. The first kappa shape index (κ1) is 36.4. The molecule has 54 heavy (non-hydrogen) atoms. The zero-order chi connectivity index (χ0) is 36.6. The van der Waals surface area contributed by atoms with E-state index in [1.54, 1.807) is 0 Å². The van der Waals surface area contributed by atoms with Gasteiger partial charge in [0.2, 0.25) is 0 Å². The lowest BCUT2D eigenvalue weighted by Gasteiger charge is -2.56. The first-order chi connectivity index (χ1) is 26.4. The molecule has 5 atom stereocenters. The SMILES string of the molecule is C[C@@H]1[C@H](CN2CCC[C@H]2CN2CCCC2)O[C@H](c2ccc(-c3ccccc3CNC(=O)NC34CC5CC(CC(C5)C3)C4)cc2)O[C@@H]1c1ccc(CO)cc1. The smallest absolute Gasteiger partial charge is 0.315 e. The molecule has 0 radical (unpaired) electrons. The van der Waals surface area contributed by atoms with E-state index in [9.17, 15) is 9.90 Å². The van der Waals surface area contributed by atoms with Crippen LogP contribution in [0.1, 0.15) is 106 Å². The van der Waals surface area contributed by atoms with Crippen molar-refractivity contribution < 1.29 is 19.4 Å². The van der Waals surface area contributed by atoms with E-state index in [1.807, 2.05) is 12.1 Å². The zero-order valence-electron chi connectivity index (χ0n) is 32.1. The summed E-state index contributed by atoms with van der Waals surface area (Å²) in [6.07, 6.45) is 12.1. The minimum Gasteiger partial charge on any atom is -0.392 e. The summed E-state index contributed by atoms with van der Waals surface area (Å²) in [4.78, 5) is 18.7. The van der Waals surface area contributed by atoms with Crippen molar-refractivity contribution in [1.82, 2.24) is 20.4 Å². The number of nitrogens with zero attached hydrogens (tertiary/aromatic N) is 2. The van der Waals surface area contributed by atoms with Crippen LogP contribution < -0.4 is 10.6 Å². The first-order valence-corrected chi connectivity index (χ1v) is 21.1. The molecule has 8 heteroatoms. The molecule has 10 rings (SSSR count). The van der Waals surface area contributed by atoms with Crippen molar-refractivity contribution in [2.45, 2.75) is 114 Å². The maximum atomic E-state index is 13.3. The van der Waals surface area contributed by atoms with Crippen LogP contribution in [0.4, 0.5) is 4.79 Å². The standard InChI is InChI=1S/C46H60N4O4/c1-31-42(29-50-20-6-8-40(50)28-49-18-4-5-19-49)53-44(54-43(31)37-12-10-32(30-51)11-13-37)38-16-14-36(15-17-38)41-9-3-2-7-39(41)27-47-45(52)48-46-24-33-21-34(25-46)23-35(22-33)26-46/h2-3,7,9-17,31,33-35,40,42-44,51H,4-6,8,18-30H2,1H3,(H2,47,48,52)/t31-,33?,34?,35?,40+,42+,43+,44+,46?/m1/s1. The van der Waals surface area contributed by atoms with Crippen LogP contribution in [0.15, 0.2) is 72.8 Å². The molecule has 3 aromatic carbocycles. The van der Waals surface area contributed by atoms with E-state index in [2.05, 4.69) is 88.0 Å². The van der Waals surface area contributed by atoms with Crippen molar-refractivity contribution in [2.24, 2.45) is 23.7 Å². The van der Waals surface area contributed by atoms with Crippen LogP contribution in [0.3, 0.4) is 0 Å². The van der Waals surface area contributed by atoms with Gasteiger partial charge in [-0.05, 0) is 129 Å². The molecule has 4 bridgehead atoms. The topological polar surface area (TPSA) is 86.3 Å². The Morgan fingerprint density at radius 3 is 2.20 bits per heavy atom. The monoisotopic (exact) mass is 732 g/mol. The number of ether oxygens (including phenoxy) is 2. The van der Waals surface area contributed by atoms with Gasteiger partial charge in [0, 0.05) is 42.7 Å². The number of carbonyl (C=O) groups is 1. The lowest BCUT2D eigenvalue weighted by atomic mass is 9.53. The number of hydrogen-bond donors (Lipinski definition) is 3. The molecule has 8 nitrogen and oxygen atoms in total. The fourth-order valence-corrected chi connectivity index (χ4v) is 11.7. The van der Waals surface area contributed by atoms with Crippen molar-refractivity contribution in [3.05, 3.63) is 95.1 Å². The number of aliphatic hydroxyl groups is 1. The van der Waals surface area contributed by atoms with Crippen molar-refractivity contribution in [3.63, 3.8) is 0 Å². The van der Waals surface area contributed by atoms with Crippen molar-refractivity contribution >= 4 is 6.03 Å². The van der Waals surface area contributed by atoms with Gasteiger partial charge >= 0.3 is 6.03 Å². The molecular formula is C46H60N4O4. The second-order valence-corrected chi connectivity index (χ2v) is 17.9. The molecule has 3 aliphatic heterocycles. The van der Waals surface area contributed by atoms with Gasteiger partial charge in [0.15, 0.2) is 6.29 Å². The van der Waals surface area contributed by atoms with Crippen LogP contribution in [0.2, 0.25) is 0 Å². The Morgan fingerprint density at radius 2 is 1.50 bits per heavy atom. The fraction of sp³-hybridized carbons (Fsp3) is 0.587. The highest BCUT2D eigenvalue weighted by Gasteiger charge is 2.51. The van der Waals surface area contributed by atoms with Gasteiger partial charge in [-0.3, -0.25) is 4.90 Å². The number of benzene rings is 3. The Morgan fingerprint density at radius 1 is 0.815 bits per heavy atom. The largest absolute Gasteiger partial charge is 0.392 e. The fourth-order valence-electron chi connectivity index (χ4n) is 11.7. The summed E-state index contributed by atoms with van der Waals surface area (Å²) in [6, 6.07) is 25.8. The second kappa shape index (κ2) is 15.7. The average Bonchev–Trinajstić information content (AvgIpc) is 3.87. The van der Waals surface area contributed by atoms with Gasteiger partial charge in [-0.15, -0.1) is 0 Å². The number of aliphatic hydroxyl groups excluding tert-OH is 1. The van der Waals surface area contributed by atoms with Crippen LogP contribution >= 0.6 is 0 Å². The third kappa shape index (κ3) is 7.74. The Bertz CT molecular complexity index is 1700. The Hall–Kier alpha value is -3.27. The summed E-state index contributed by atoms with van der Waals surface area (Å²) in [6.45, 7) is 8.44. The predicted octanol–water partition coefficient (Wildman–Crippen LogP) is 7.97. The van der Waals surface area contributed by atoms with E-state index < -0.39 is 6.29 Å². The summed E-state index contributed by atoms with van der Waals surface area (Å²) >= 11 is 0. The molecule has 0 aromatic heterocycles. The Balaban J connectivity index is 0.893. The molecule has 7 fully saturated rings. The second-order valence-electron chi connectivity index (χ2n) is 17.9. The summed E-state index contributed by atoms with van der Waals surface area (Å²) in [5, 5.41) is 16.4. The number of rotatable bonds is 11. The highest BCUT2D eigenvalue weighted by molar-refractivity contribution is 5.76. The van der Waals surface area contributed by atoms with Gasteiger partial charge in [-0.1, -0.05) is 79.7 Å². The molecule has 3 N–H and O–H groups in total. The highest BCUT2D eigenvalue weighted by Crippen LogP contribution is 2.55. The number of carbonyl (C=O) groups excluding carboxylic acids is 1. The molecule has 7 aliphatic rings. The van der Waals surface area contributed by atoms with Crippen LogP contribution in [-0.4, -0.2) is 71.3 Å². The van der Waals surface area contributed by atoms with Crippen LogP contribution in [0, 0.1) is 23.7 Å². The van der Waals surface area contributed by atoms with Crippen molar-refractivity contribution in [2.75, 3.05) is 32.7 Å². The molecule has 3 saturated heterocycles. The van der Waals surface area contributed by atoms with Gasteiger partial charge in [-0.25, -0.2) is 4.79 Å². The summed E-state index contributed by atoms with van der Waals surface area (Å²) in [5.74, 6) is 2.55. The van der Waals surface area contributed by atoms with Gasteiger partial charge in [0.1, 0.15) is 0 Å². The van der Waals surface area contributed by atoms with Crippen LogP contribution in [0.25, 0.3) is 11.1 Å². The number of amides is 2. The minimum absolute atomic E-state index is 0.0000836. The van der Waals surface area contributed by atoms with Gasteiger partial charge in [0.25, 0.3) is 0 Å². The predicted molar refractivity (Wildman–Crippen MR) is 211 cm³/mol. The van der Waals surface area contributed by atoms with Crippen LogP contribution in [-0.2, 0) is 22.6 Å². The van der Waals surface area contributed by atoms with E-state index in [-0.39, 0.29) is 36.3 Å². The van der Waals surface area contributed by atoms with Crippen molar-refractivity contribution in [3.8, 4) is 11.1 Å². The zero-order valence-corrected chi connectivity index (χ0v) is 32.1. The van der Waals surface area contributed by atoms with Gasteiger partial charge in [0.05, 0.1) is 18.8 Å². The van der Waals surface area contributed by atoms with E-state index in [0.29, 0.717) is 12.6 Å². The summed E-state index contributed by atoms with van der Waals surface area (Å²) in [5.41, 5.74) is 6.37. The van der Waals surface area contributed by atoms with Crippen molar-refractivity contribution in [1.29, 1.82) is 0 Å². The third-order valence-corrected chi connectivity index (χ3v) is 14.1. The summed E-state index contributed by atoms with van der Waals surface area (Å²) in [7, 11) is 0. The van der Waals surface area contributed by atoms with E-state index in [1.165, 1.54) is 58.0 Å².